The van der Waals surface area contributed by atoms with Crippen LogP contribution < -0.4 is 5.32 Å². The first-order valence-electron chi connectivity index (χ1n) is 5.86. The molecule has 1 aromatic heterocycles. The van der Waals surface area contributed by atoms with Crippen molar-refractivity contribution in [3.8, 4) is 0 Å². The van der Waals surface area contributed by atoms with E-state index in [9.17, 15) is 9.59 Å². The molecule has 4 nitrogen and oxygen atoms in total. The molecule has 1 N–H and O–H groups in total. The molecule has 1 heterocycles. The van der Waals surface area contributed by atoms with Crippen LogP contribution in [0.25, 0.3) is 0 Å². The SMILES string of the molecule is CC(=O)c1cccc(NC(=O)Cc2nc(C)cs2)c1. The third-order valence-electron chi connectivity index (χ3n) is 2.53. The smallest absolute Gasteiger partial charge is 0.231 e. The van der Waals surface area contributed by atoms with Crippen LogP contribution in [0, 0.1) is 6.92 Å². The normalized spacial score (nSPS) is 10.2. The number of Topliss-reactive ketones (excluding diaryl/α,β-unsaturated/α-hetero) is 1. The van der Waals surface area contributed by atoms with Crippen LogP contribution in [0.1, 0.15) is 28.0 Å². The number of nitrogens with zero attached hydrogens (tertiary/aromatic N) is 1. The molecule has 0 bridgehead atoms. The maximum atomic E-state index is 11.8. The van der Waals surface area contributed by atoms with Gasteiger partial charge in [-0.05, 0) is 26.0 Å². The maximum absolute atomic E-state index is 11.8. The summed E-state index contributed by atoms with van der Waals surface area (Å²) in [4.78, 5) is 27.3. The fourth-order valence-electron chi connectivity index (χ4n) is 1.64. The number of hydrogen-bond acceptors (Lipinski definition) is 4. The minimum Gasteiger partial charge on any atom is -0.326 e. The van der Waals surface area contributed by atoms with Gasteiger partial charge in [-0.25, -0.2) is 4.98 Å². The van der Waals surface area contributed by atoms with E-state index in [0.29, 0.717) is 11.3 Å². The third kappa shape index (κ3) is 3.72. The van der Waals surface area contributed by atoms with Crippen molar-refractivity contribution in [2.75, 3.05) is 5.32 Å². The number of aromatic nitrogens is 1. The zero-order valence-electron chi connectivity index (χ0n) is 10.8. The highest BCUT2D eigenvalue weighted by molar-refractivity contribution is 7.09. The van der Waals surface area contributed by atoms with Crippen molar-refractivity contribution in [2.24, 2.45) is 0 Å². The van der Waals surface area contributed by atoms with E-state index in [1.54, 1.807) is 24.3 Å². The summed E-state index contributed by atoms with van der Waals surface area (Å²) in [6.45, 7) is 3.40. The average molecular weight is 274 g/mol. The summed E-state index contributed by atoms with van der Waals surface area (Å²) in [5, 5.41) is 5.48. The van der Waals surface area contributed by atoms with Crippen molar-refractivity contribution in [3.05, 3.63) is 45.9 Å². The molecule has 2 aromatic rings. The lowest BCUT2D eigenvalue weighted by molar-refractivity contribution is -0.115. The van der Waals surface area contributed by atoms with Crippen molar-refractivity contribution in [3.63, 3.8) is 0 Å². The number of benzene rings is 1. The molecule has 0 fully saturated rings. The van der Waals surface area contributed by atoms with Gasteiger partial charge in [-0.2, -0.15) is 0 Å². The molecule has 0 aliphatic rings. The standard InChI is InChI=1S/C14H14N2O2S/c1-9-8-19-14(15-9)7-13(18)16-12-5-3-4-11(6-12)10(2)17/h3-6,8H,7H2,1-2H3,(H,16,18). The first kappa shape index (κ1) is 13.4. The first-order chi connectivity index (χ1) is 9.04. The highest BCUT2D eigenvalue weighted by Crippen LogP contribution is 2.13. The second kappa shape index (κ2) is 5.75. The summed E-state index contributed by atoms with van der Waals surface area (Å²) < 4.78 is 0. The van der Waals surface area contributed by atoms with E-state index in [2.05, 4.69) is 10.3 Å². The Balaban J connectivity index is 2.02. The van der Waals surface area contributed by atoms with Crippen LogP contribution in [0.3, 0.4) is 0 Å². The van der Waals surface area contributed by atoms with Crippen LogP contribution in [-0.4, -0.2) is 16.7 Å². The molecule has 0 aliphatic heterocycles. The van der Waals surface area contributed by atoms with Crippen molar-refractivity contribution < 1.29 is 9.59 Å². The minimum atomic E-state index is -0.130. The number of carbonyl (C=O) groups excluding carboxylic acids is 2. The molecule has 2 rings (SSSR count). The lowest BCUT2D eigenvalue weighted by Crippen LogP contribution is -2.14. The van der Waals surface area contributed by atoms with Crippen LogP contribution in [-0.2, 0) is 11.2 Å². The highest BCUT2D eigenvalue weighted by Gasteiger charge is 2.08. The molecular formula is C14H14N2O2S. The molecule has 0 spiro atoms. The zero-order chi connectivity index (χ0) is 13.8. The molecule has 0 atom stereocenters. The Morgan fingerprint density at radius 1 is 1.37 bits per heavy atom. The van der Waals surface area contributed by atoms with E-state index in [1.807, 2.05) is 12.3 Å². The average Bonchev–Trinajstić information content (AvgIpc) is 2.74. The van der Waals surface area contributed by atoms with E-state index < -0.39 is 0 Å². The van der Waals surface area contributed by atoms with Gasteiger partial charge in [0.05, 0.1) is 6.42 Å². The zero-order valence-corrected chi connectivity index (χ0v) is 11.6. The van der Waals surface area contributed by atoms with Gasteiger partial charge in [0.25, 0.3) is 0 Å². The maximum Gasteiger partial charge on any atom is 0.231 e. The van der Waals surface area contributed by atoms with Gasteiger partial charge in [-0.15, -0.1) is 11.3 Å². The van der Waals surface area contributed by atoms with Crippen molar-refractivity contribution in [1.82, 2.24) is 4.98 Å². The second-order valence-corrected chi connectivity index (χ2v) is 5.19. The second-order valence-electron chi connectivity index (χ2n) is 4.24. The largest absolute Gasteiger partial charge is 0.326 e. The molecule has 5 heteroatoms. The Morgan fingerprint density at radius 2 is 2.16 bits per heavy atom. The molecular weight excluding hydrogens is 260 g/mol. The minimum absolute atomic E-state index is 0.0216. The molecule has 1 amide bonds. The number of amides is 1. The quantitative estimate of drug-likeness (QED) is 0.872. The van der Waals surface area contributed by atoms with Gasteiger partial charge in [-0.3, -0.25) is 9.59 Å². The number of anilines is 1. The van der Waals surface area contributed by atoms with Crippen molar-refractivity contribution in [2.45, 2.75) is 20.3 Å². The van der Waals surface area contributed by atoms with E-state index >= 15 is 0 Å². The van der Waals surface area contributed by atoms with Gasteiger partial charge in [-0.1, -0.05) is 12.1 Å². The number of carbonyl (C=O) groups is 2. The first-order valence-corrected chi connectivity index (χ1v) is 6.74. The van der Waals surface area contributed by atoms with Crippen LogP contribution >= 0.6 is 11.3 Å². The predicted molar refractivity (Wildman–Crippen MR) is 75.6 cm³/mol. The molecule has 0 radical (unpaired) electrons. The van der Waals surface area contributed by atoms with Crippen LogP contribution in [0.5, 0.6) is 0 Å². The molecule has 0 unspecified atom stereocenters. The number of rotatable bonds is 4. The lowest BCUT2D eigenvalue weighted by Gasteiger charge is -2.05. The fraction of sp³-hybridized carbons (Fsp3) is 0.214. The Labute approximate surface area is 115 Å². The summed E-state index contributed by atoms with van der Waals surface area (Å²) in [6, 6.07) is 6.91. The van der Waals surface area contributed by atoms with Gasteiger partial charge >= 0.3 is 0 Å². The van der Waals surface area contributed by atoms with E-state index in [1.165, 1.54) is 18.3 Å². The Bertz CT molecular complexity index is 619. The lowest BCUT2D eigenvalue weighted by atomic mass is 10.1. The molecule has 98 valence electrons. The van der Waals surface area contributed by atoms with E-state index in [4.69, 9.17) is 0 Å². The van der Waals surface area contributed by atoms with Gasteiger partial charge < -0.3 is 5.32 Å². The number of ketones is 1. The number of aryl methyl sites for hydroxylation is 1. The van der Waals surface area contributed by atoms with Gasteiger partial charge in [0.1, 0.15) is 5.01 Å². The van der Waals surface area contributed by atoms with Gasteiger partial charge in [0.15, 0.2) is 5.78 Å². The monoisotopic (exact) mass is 274 g/mol. The van der Waals surface area contributed by atoms with Crippen molar-refractivity contribution in [1.29, 1.82) is 0 Å². The van der Waals surface area contributed by atoms with Crippen LogP contribution in [0.2, 0.25) is 0 Å². The van der Waals surface area contributed by atoms with Crippen LogP contribution in [0.15, 0.2) is 29.6 Å². The molecule has 0 saturated heterocycles. The fourth-order valence-corrected chi connectivity index (χ4v) is 2.41. The summed E-state index contributed by atoms with van der Waals surface area (Å²) >= 11 is 1.47. The van der Waals surface area contributed by atoms with Gasteiger partial charge in [0.2, 0.25) is 5.91 Å². The molecule has 0 saturated carbocycles. The van der Waals surface area contributed by atoms with Crippen LogP contribution in [0.4, 0.5) is 5.69 Å². The number of hydrogen-bond donors (Lipinski definition) is 1. The van der Waals surface area contributed by atoms with E-state index in [-0.39, 0.29) is 18.1 Å². The van der Waals surface area contributed by atoms with Gasteiger partial charge in [0, 0.05) is 22.3 Å². The van der Waals surface area contributed by atoms with Crippen molar-refractivity contribution >= 4 is 28.7 Å². The summed E-state index contributed by atoms with van der Waals surface area (Å²) in [5.41, 5.74) is 2.14. The number of thiazole rings is 1. The molecule has 1 aromatic carbocycles. The number of nitrogens with one attached hydrogen (secondary N) is 1. The Morgan fingerprint density at radius 3 is 2.79 bits per heavy atom. The Kier molecular flexibility index (Phi) is 4.06. The predicted octanol–water partition coefficient (Wildman–Crippen LogP) is 2.84. The highest BCUT2D eigenvalue weighted by atomic mass is 32.1. The molecule has 19 heavy (non-hydrogen) atoms. The molecule has 0 aliphatic carbocycles. The van der Waals surface area contributed by atoms with E-state index in [0.717, 1.165) is 10.7 Å². The Hall–Kier alpha value is -2.01. The summed E-state index contributed by atoms with van der Waals surface area (Å²) in [7, 11) is 0. The summed E-state index contributed by atoms with van der Waals surface area (Å²) in [6.07, 6.45) is 0.253. The topological polar surface area (TPSA) is 59.1 Å². The third-order valence-corrected chi connectivity index (χ3v) is 3.50. The summed E-state index contributed by atoms with van der Waals surface area (Å²) in [5.74, 6) is -0.151.